The Balaban J connectivity index is 3.34. The summed E-state index contributed by atoms with van der Waals surface area (Å²) in [6.45, 7) is 5.99. The van der Waals surface area contributed by atoms with Crippen molar-refractivity contribution in [3.63, 3.8) is 0 Å². The molecule has 0 amide bonds. The van der Waals surface area contributed by atoms with Crippen LogP contribution in [0.15, 0.2) is 10.2 Å². The molecule has 42 valence electrons. The standard InChI is InChI=1S/C5H8I2/c1-4(3-6)5(2)7/h4H,2-3H2,1H3/t4-/m1/s1. The van der Waals surface area contributed by atoms with Crippen molar-refractivity contribution in [2.45, 2.75) is 6.92 Å². The van der Waals surface area contributed by atoms with Crippen molar-refractivity contribution in [2.75, 3.05) is 4.43 Å². The Bertz CT molecular complexity index is 68.5. The van der Waals surface area contributed by atoms with Crippen LogP contribution in [0.1, 0.15) is 6.92 Å². The Labute approximate surface area is 72.0 Å². The Morgan fingerprint density at radius 2 is 2.29 bits per heavy atom. The molecule has 0 saturated heterocycles. The zero-order valence-electron chi connectivity index (χ0n) is 4.25. The molecule has 0 rings (SSSR count). The second-order valence-electron chi connectivity index (χ2n) is 1.50. The molecule has 0 aliphatic carbocycles. The molecule has 0 aliphatic heterocycles. The number of rotatable bonds is 2. The zero-order chi connectivity index (χ0) is 5.86. The zero-order valence-corrected chi connectivity index (χ0v) is 8.56. The highest BCUT2D eigenvalue weighted by Gasteiger charge is 1.97. The van der Waals surface area contributed by atoms with E-state index < -0.39 is 0 Å². The van der Waals surface area contributed by atoms with Gasteiger partial charge in [-0.15, -0.1) is 0 Å². The van der Waals surface area contributed by atoms with E-state index in [1.807, 2.05) is 0 Å². The van der Waals surface area contributed by atoms with Crippen molar-refractivity contribution in [1.29, 1.82) is 0 Å². The molecule has 0 aromatic rings. The average molecular weight is 322 g/mol. The summed E-state index contributed by atoms with van der Waals surface area (Å²) in [5, 5.41) is 0. The molecule has 0 saturated carbocycles. The predicted octanol–water partition coefficient (Wildman–Crippen LogP) is 3.01. The maximum Gasteiger partial charge on any atom is 0.00658 e. The molecule has 0 aromatic heterocycles. The van der Waals surface area contributed by atoms with Crippen LogP contribution in [0, 0.1) is 5.92 Å². The molecular formula is C5H8I2. The van der Waals surface area contributed by atoms with E-state index >= 15 is 0 Å². The monoisotopic (exact) mass is 322 g/mol. The Kier molecular flexibility index (Phi) is 4.82. The first-order valence-electron chi connectivity index (χ1n) is 2.08. The fraction of sp³-hybridized carbons (Fsp3) is 0.600. The van der Waals surface area contributed by atoms with Crippen molar-refractivity contribution in [3.8, 4) is 0 Å². The molecule has 0 bridgehead atoms. The first-order valence-corrected chi connectivity index (χ1v) is 4.69. The van der Waals surface area contributed by atoms with Crippen LogP contribution >= 0.6 is 45.2 Å². The van der Waals surface area contributed by atoms with Gasteiger partial charge < -0.3 is 0 Å². The Hall–Kier alpha value is 1.20. The van der Waals surface area contributed by atoms with Crippen molar-refractivity contribution in [3.05, 3.63) is 10.2 Å². The van der Waals surface area contributed by atoms with Crippen LogP contribution in [-0.4, -0.2) is 4.43 Å². The summed E-state index contributed by atoms with van der Waals surface area (Å²) >= 11 is 4.63. The van der Waals surface area contributed by atoms with E-state index in [0.717, 1.165) is 0 Å². The predicted molar refractivity (Wildman–Crippen MR) is 51.2 cm³/mol. The van der Waals surface area contributed by atoms with Gasteiger partial charge in [-0.05, 0) is 32.1 Å². The molecule has 0 aliphatic rings. The van der Waals surface area contributed by atoms with E-state index in [1.165, 1.54) is 8.01 Å². The molecule has 0 aromatic carbocycles. The lowest BCUT2D eigenvalue weighted by Crippen LogP contribution is -1.91. The molecule has 0 fully saturated rings. The van der Waals surface area contributed by atoms with Gasteiger partial charge in [0.15, 0.2) is 0 Å². The van der Waals surface area contributed by atoms with Gasteiger partial charge in [-0.25, -0.2) is 0 Å². The van der Waals surface area contributed by atoms with Crippen LogP contribution in [0.5, 0.6) is 0 Å². The third-order valence-corrected chi connectivity index (χ3v) is 3.15. The van der Waals surface area contributed by atoms with E-state index in [0.29, 0.717) is 5.92 Å². The van der Waals surface area contributed by atoms with E-state index in [1.54, 1.807) is 0 Å². The summed E-state index contributed by atoms with van der Waals surface area (Å²) in [5.74, 6) is 0.682. The number of halogens is 2. The topological polar surface area (TPSA) is 0 Å². The Morgan fingerprint density at radius 1 is 1.86 bits per heavy atom. The number of alkyl halides is 1. The number of hydrogen-bond donors (Lipinski definition) is 0. The van der Waals surface area contributed by atoms with Crippen LogP contribution in [-0.2, 0) is 0 Å². The summed E-state index contributed by atoms with van der Waals surface area (Å²) in [6.07, 6.45) is 0. The summed E-state index contributed by atoms with van der Waals surface area (Å²) in [4.78, 5) is 0. The van der Waals surface area contributed by atoms with Gasteiger partial charge in [0.1, 0.15) is 0 Å². The normalized spacial score (nSPS) is 13.6. The van der Waals surface area contributed by atoms with Crippen molar-refractivity contribution in [2.24, 2.45) is 5.92 Å². The van der Waals surface area contributed by atoms with E-state index in [2.05, 4.69) is 58.7 Å². The van der Waals surface area contributed by atoms with Gasteiger partial charge in [-0.3, -0.25) is 0 Å². The van der Waals surface area contributed by atoms with Crippen LogP contribution in [0.3, 0.4) is 0 Å². The van der Waals surface area contributed by atoms with Gasteiger partial charge in [0.05, 0.1) is 0 Å². The summed E-state index contributed by atoms with van der Waals surface area (Å²) in [5.41, 5.74) is 0. The second-order valence-corrected chi connectivity index (χ2v) is 3.77. The molecule has 0 N–H and O–H groups in total. The average Bonchev–Trinajstić information content (AvgIpc) is 1.65. The van der Waals surface area contributed by atoms with Crippen molar-refractivity contribution < 1.29 is 0 Å². The van der Waals surface area contributed by atoms with E-state index in [-0.39, 0.29) is 0 Å². The highest BCUT2D eigenvalue weighted by molar-refractivity contribution is 14.1. The quantitative estimate of drug-likeness (QED) is 0.542. The van der Waals surface area contributed by atoms with Gasteiger partial charge >= 0.3 is 0 Å². The highest BCUT2D eigenvalue weighted by Crippen LogP contribution is 2.16. The van der Waals surface area contributed by atoms with Gasteiger partial charge in [-0.2, -0.15) is 0 Å². The lowest BCUT2D eigenvalue weighted by atomic mass is 10.2. The summed E-state index contributed by atoms with van der Waals surface area (Å²) < 4.78 is 2.44. The fourth-order valence-corrected chi connectivity index (χ4v) is 1.68. The molecule has 7 heavy (non-hydrogen) atoms. The fourth-order valence-electron chi connectivity index (χ4n) is 0.0837. The van der Waals surface area contributed by atoms with Crippen molar-refractivity contribution in [1.82, 2.24) is 0 Å². The highest BCUT2D eigenvalue weighted by atomic mass is 127. The maximum absolute atomic E-state index is 3.81. The van der Waals surface area contributed by atoms with Crippen LogP contribution < -0.4 is 0 Å². The molecule has 1 atom stereocenters. The maximum atomic E-state index is 3.81. The second kappa shape index (κ2) is 4.12. The van der Waals surface area contributed by atoms with Crippen LogP contribution in [0.4, 0.5) is 0 Å². The van der Waals surface area contributed by atoms with E-state index in [4.69, 9.17) is 0 Å². The molecule has 0 heterocycles. The molecular weight excluding hydrogens is 314 g/mol. The lowest BCUT2D eigenvalue weighted by Gasteiger charge is -2.01. The number of hydrogen-bond acceptors (Lipinski definition) is 0. The third-order valence-electron chi connectivity index (χ3n) is 0.766. The minimum Gasteiger partial charge on any atom is -0.0894 e. The van der Waals surface area contributed by atoms with Gasteiger partial charge in [0, 0.05) is 4.43 Å². The minimum atomic E-state index is 0.682. The lowest BCUT2D eigenvalue weighted by molar-refractivity contribution is 0.858. The summed E-state index contributed by atoms with van der Waals surface area (Å²) in [6, 6.07) is 0. The smallest absolute Gasteiger partial charge is 0.00658 e. The molecule has 2 heteroatoms. The minimum absolute atomic E-state index is 0.682. The first-order chi connectivity index (χ1) is 3.18. The van der Waals surface area contributed by atoms with Gasteiger partial charge in [-0.1, -0.05) is 36.1 Å². The first kappa shape index (κ1) is 8.20. The van der Waals surface area contributed by atoms with Gasteiger partial charge in [0.25, 0.3) is 0 Å². The number of allylic oxidation sites excluding steroid dienone is 1. The third kappa shape index (κ3) is 3.76. The largest absolute Gasteiger partial charge is 0.0894 e. The molecule has 0 nitrogen and oxygen atoms in total. The van der Waals surface area contributed by atoms with Crippen LogP contribution in [0.25, 0.3) is 0 Å². The van der Waals surface area contributed by atoms with Gasteiger partial charge in [0.2, 0.25) is 0 Å². The Morgan fingerprint density at radius 3 is 2.29 bits per heavy atom. The molecule has 0 spiro atoms. The van der Waals surface area contributed by atoms with Crippen LogP contribution in [0.2, 0.25) is 0 Å². The van der Waals surface area contributed by atoms with Crippen molar-refractivity contribution >= 4 is 45.2 Å². The molecule has 0 radical (unpaired) electrons. The summed E-state index contributed by atoms with van der Waals surface area (Å²) in [7, 11) is 0. The van der Waals surface area contributed by atoms with E-state index in [9.17, 15) is 0 Å². The SMILES string of the molecule is C=C(I)[C@H](C)CI. The molecule has 0 unspecified atom stereocenters.